The molecule has 23 heavy (non-hydrogen) atoms. The minimum absolute atomic E-state index is 0.0435. The van der Waals surface area contributed by atoms with Crippen LogP contribution in [-0.2, 0) is 9.59 Å². The van der Waals surface area contributed by atoms with Gasteiger partial charge in [-0.1, -0.05) is 27.7 Å². The average Bonchev–Trinajstić information content (AvgIpc) is 2.93. The van der Waals surface area contributed by atoms with Crippen molar-refractivity contribution in [3.8, 4) is 0 Å². The Morgan fingerprint density at radius 3 is 2.39 bits per heavy atom. The molecule has 7 heteroatoms. The van der Waals surface area contributed by atoms with E-state index < -0.39 is 23.8 Å². The van der Waals surface area contributed by atoms with E-state index >= 15 is 0 Å². The topological polar surface area (TPSA) is 109 Å². The van der Waals surface area contributed by atoms with Gasteiger partial charge >= 0.3 is 5.97 Å². The number of carboxylic acid groups (broad SMARTS) is 1. The van der Waals surface area contributed by atoms with E-state index in [2.05, 4.69) is 10.6 Å². The standard InChI is InChI=1S/C16H24N2O5/c1-9(2)7-12(16(21)22)18-13(19)8-17-15(20)11-5-6-23-14(11)10(3)4/h5-6,9-10,12H,7-8H2,1-4H3,(H,17,20)(H,18,19)(H,21,22)/t12-/m0/s1. The van der Waals surface area contributed by atoms with Crippen LogP contribution in [0.5, 0.6) is 0 Å². The van der Waals surface area contributed by atoms with Crippen LogP contribution in [0.4, 0.5) is 0 Å². The number of carbonyl (C=O) groups is 3. The van der Waals surface area contributed by atoms with Crippen LogP contribution >= 0.6 is 0 Å². The van der Waals surface area contributed by atoms with Crippen molar-refractivity contribution in [1.82, 2.24) is 10.6 Å². The van der Waals surface area contributed by atoms with Gasteiger partial charge in [0.15, 0.2) is 0 Å². The Hall–Kier alpha value is -2.31. The normalized spacial score (nSPS) is 12.3. The first kappa shape index (κ1) is 18.7. The molecule has 0 aliphatic heterocycles. The van der Waals surface area contributed by atoms with Crippen molar-refractivity contribution < 1.29 is 23.9 Å². The third-order valence-corrected chi connectivity index (χ3v) is 3.21. The fourth-order valence-corrected chi connectivity index (χ4v) is 2.15. The fourth-order valence-electron chi connectivity index (χ4n) is 2.15. The maximum absolute atomic E-state index is 12.1. The Labute approximate surface area is 135 Å². The summed E-state index contributed by atoms with van der Waals surface area (Å²) in [4.78, 5) is 35.0. The predicted molar refractivity (Wildman–Crippen MR) is 84.2 cm³/mol. The number of furan rings is 1. The van der Waals surface area contributed by atoms with Crippen LogP contribution in [0.25, 0.3) is 0 Å². The summed E-state index contributed by atoms with van der Waals surface area (Å²) in [6.07, 6.45) is 1.75. The van der Waals surface area contributed by atoms with Crippen molar-refractivity contribution >= 4 is 17.8 Å². The Morgan fingerprint density at radius 2 is 1.87 bits per heavy atom. The second-order valence-corrected chi connectivity index (χ2v) is 6.12. The molecule has 1 aromatic heterocycles. The number of carboxylic acids is 1. The van der Waals surface area contributed by atoms with Gasteiger partial charge in [0.05, 0.1) is 18.4 Å². The molecule has 0 aliphatic carbocycles. The van der Waals surface area contributed by atoms with E-state index in [0.29, 0.717) is 17.7 Å². The molecule has 2 amide bonds. The van der Waals surface area contributed by atoms with E-state index in [4.69, 9.17) is 9.52 Å². The Morgan fingerprint density at radius 1 is 1.22 bits per heavy atom. The van der Waals surface area contributed by atoms with Gasteiger partial charge in [0, 0.05) is 5.92 Å². The molecule has 0 saturated heterocycles. The molecule has 0 saturated carbocycles. The van der Waals surface area contributed by atoms with Crippen LogP contribution in [0.2, 0.25) is 0 Å². The average molecular weight is 324 g/mol. The molecule has 0 bridgehead atoms. The second-order valence-electron chi connectivity index (χ2n) is 6.12. The summed E-state index contributed by atoms with van der Waals surface area (Å²) in [7, 11) is 0. The van der Waals surface area contributed by atoms with Crippen LogP contribution < -0.4 is 10.6 Å². The lowest BCUT2D eigenvalue weighted by atomic mass is 10.0. The molecule has 1 rings (SSSR count). The number of amides is 2. The number of carbonyl (C=O) groups excluding carboxylic acids is 2. The number of rotatable bonds is 8. The number of aliphatic carboxylic acids is 1. The molecule has 0 aliphatic rings. The zero-order valence-electron chi connectivity index (χ0n) is 13.9. The summed E-state index contributed by atoms with van der Waals surface area (Å²) < 4.78 is 5.25. The zero-order chi connectivity index (χ0) is 17.6. The molecular formula is C16H24N2O5. The Kier molecular flexibility index (Phi) is 6.81. The van der Waals surface area contributed by atoms with Crippen molar-refractivity contribution in [3.05, 3.63) is 23.7 Å². The van der Waals surface area contributed by atoms with Crippen LogP contribution in [-0.4, -0.2) is 35.5 Å². The van der Waals surface area contributed by atoms with E-state index in [1.165, 1.54) is 6.26 Å². The largest absolute Gasteiger partial charge is 0.480 e. The SMILES string of the molecule is CC(C)C[C@H](NC(=O)CNC(=O)c1ccoc1C(C)C)C(=O)O. The van der Waals surface area contributed by atoms with Gasteiger partial charge in [0.2, 0.25) is 5.91 Å². The first-order valence-corrected chi connectivity index (χ1v) is 7.60. The van der Waals surface area contributed by atoms with Gasteiger partial charge in [-0.15, -0.1) is 0 Å². The van der Waals surface area contributed by atoms with Gasteiger partial charge < -0.3 is 20.2 Å². The number of hydrogen-bond donors (Lipinski definition) is 3. The van der Waals surface area contributed by atoms with Gasteiger partial charge in [-0.05, 0) is 18.4 Å². The first-order valence-electron chi connectivity index (χ1n) is 7.60. The summed E-state index contributed by atoms with van der Waals surface area (Å²) >= 11 is 0. The summed E-state index contributed by atoms with van der Waals surface area (Å²) in [6, 6.07) is 0.584. The molecule has 128 valence electrons. The highest BCUT2D eigenvalue weighted by molar-refractivity contribution is 5.97. The van der Waals surface area contributed by atoms with E-state index in [1.54, 1.807) is 6.07 Å². The van der Waals surface area contributed by atoms with E-state index in [0.717, 1.165) is 0 Å². The molecule has 0 radical (unpaired) electrons. The highest BCUT2D eigenvalue weighted by Crippen LogP contribution is 2.20. The van der Waals surface area contributed by atoms with Crippen LogP contribution in [0.1, 0.15) is 56.2 Å². The van der Waals surface area contributed by atoms with E-state index in [-0.39, 0.29) is 18.4 Å². The third kappa shape index (κ3) is 5.77. The van der Waals surface area contributed by atoms with Crippen molar-refractivity contribution in [2.45, 2.75) is 46.1 Å². The molecule has 0 aromatic carbocycles. The molecule has 0 unspecified atom stereocenters. The van der Waals surface area contributed by atoms with Crippen LogP contribution in [0.15, 0.2) is 16.7 Å². The van der Waals surface area contributed by atoms with Crippen molar-refractivity contribution in [2.75, 3.05) is 6.54 Å². The Balaban J connectivity index is 2.56. The van der Waals surface area contributed by atoms with E-state index in [1.807, 2.05) is 27.7 Å². The molecule has 0 spiro atoms. The van der Waals surface area contributed by atoms with Gasteiger partial charge in [0.1, 0.15) is 11.8 Å². The van der Waals surface area contributed by atoms with Crippen LogP contribution in [0, 0.1) is 5.92 Å². The molecule has 3 N–H and O–H groups in total. The van der Waals surface area contributed by atoms with E-state index in [9.17, 15) is 14.4 Å². The van der Waals surface area contributed by atoms with Crippen molar-refractivity contribution in [1.29, 1.82) is 0 Å². The fraction of sp³-hybridized carbons (Fsp3) is 0.562. The summed E-state index contributed by atoms with van der Waals surface area (Å²) in [5.74, 6) is -1.33. The highest BCUT2D eigenvalue weighted by atomic mass is 16.4. The molecule has 7 nitrogen and oxygen atoms in total. The van der Waals surface area contributed by atoms with Gasteiger partial charge in [-0.2, -0.15) is 0 Å². The first-order chi connectivity index (χ1) is 10.7. The number of nitrogens with one attached hydrogen (secondary N) is 2. The molecule has 1 heterocycles. The maximum Gasteiger partial charge on any atom is 0.326 e. The van der Waals surface area contributed by atoms with Gasteiger partial charge in [-0.3, -0.25) is 9.59 Å². The lowest BCUT2D eigenvalue weighted by Gasteiger charge is -2.16. The molecule has 1 atom stereocenters. The summed E-state index contributed by atoms with van der Waals surface area (Å²) in [5, 5.41) is 14.0. The summed E-state index contributed by atoms with van der Waals surface area (Å²) in [6.45, 7) is 7.24. The quantitative estimate of drug-likeness (QED) is 0.675. The van der Waals surface area contributed by atoms with Gasteiger partial charge in [-0.25, -0.2) is 4.79 Å². The highest BCUT2D eigenvalue weighted by Gasteiger charge is 2.22. The monoisotopic (exact) mass is 324 g/mol. The minimum atomic E-state index is -1.09. The van der Waals surface area contributed by atoms with Crippen molar-refractivity contribution in [2.24, 2.45) is 5.92 Å². The molecule has 0 fully saturated rings. The zero-order valence-corrected chi connectivity index (χ0v) is 13.9. The lowest BCUT2D eigenvalue weighted by molar-refractivity contribution is -0.142. The minimum Gasteiger partial charge on any atom is -0.480 e. The third-order valence-electron chi connectivity index (χ3n) is 3.21. The van der Waals surface area contributed by atoms with Gasteiger partial charge in [0.25, 0.3) is 5.91 Å². The van der Waals surface area contributed by atoms with Crippen molar-refractivity contribution in [3.63, 3.8) is 0 Å². The second kappa shape index (κ2) is 8.36. The molecular weight excluding hydrogens is 300 g/mol. The maximum atomic E-state index is 12.1. The summed E-state index contributed by atoms with van der Waals surface area (Å²) in [5.41, 5.74) is 0.379. The van der Waals surface area contributed by atoms with Crippen LogP contribution in [0.3, 0.4) is 0 Å². The lowest BCUT2D eigenvalue weighted by Crippen LogP contribution is -2.46. The predicted octanol–water partition coefficient (Wildman–Crippen LogP) is 1.75. The Bertz CT molecular complexity index is 563. The molecule has 1 aromatic rings. The smallest absolute Gasteiger partial charge is 0.326 e. The number of hydrogen-bond acceptors (Lipinski definition) is 4.